The van der Waals surface area contributed by atoms with Crippen molar-refractivity contribution in [1.82, 2.24) is 0 Å². The number of hydrogen-bond donors (Lipinski definition) is 3. The molecule has 4 N–H and O–H groups in total. The van der Waals surface area contributed by atoms with Gasteiger partial charge in [0.05, 0.1) is 0 Å². The summed E-state index contributed by atoms with van der Waals surface area (Å²) in [5.74, 6) is -4.98. The van der Waals surface area contributed by atoms with Crippen LogP contribution >= 0.6 is 0 Å². The zero-order valence-electron chi connectivity index (χ0n) is 10.2. The van der Waals surface area contributed by atoms with Crippen LogP contribution in [0, 0.1) is 22.9 Å². The summed E-state index contributed by atoms with van der Waals surface area (Å²) in [4.78, 5) is 11.8. The minimum Gasteiger partial charge on any atom is -0.409 e. The lowest BCUT2D eigenvalue weighted by molar-refractivity contribution is -0.121. The largest absolute Gasteiger partial charge is 0.409 e. The summed E-state index contributed by atoms with van der Waals surface area (Å²) >= 11 is 0. The molecule has 5 nitrogen and oxygen atoms in total. The molecule has 0 atom stereocenters. The standard InChI is InChI=1S/C11H12F3N3O2/c1-11(2,9(15)17-19)10(18)16-8-6(13)3-5(12)4-7(8)14/h3-4,19H,1-2H3,(H2,15,17)(H,16,18). The average molecular weight is 275 g/mol. The number of carbonyl (C=O) groups is 1. The van der Waals surface area contributed by atoms with E-state index < -0.39 is 40.3 Å². The Bertz CT molecular complexity index is 521. The highest BCUT2D eigenvalue weighted by atomic mass is 19.1. The maximum absolute atomic E-state index is 13.3. The molecule has 0 aromatic heterocycles. The van der Waals surface area contributed by atoms with E-state index in [9.17, 15) is 18.0 Å². The molecule has 0 radical (unpaired) electrons. The quantitative estimate of drug-likeness (QED) is 0.340. The van der Waals surface area contributed by atoms with E-state index in [2.05, 4.69) is 5.16 Å². The van der Waals surface area contributed by atoms with Gasteiger partial charge < -0.3 is 16.3 Å². The summed E-state index contributed by atoms with van der Waals surface area (Å²) in [6.45, 7) is 2.58. The predicted molar refractivity (Wildman–Crippen MR) is 62.1 cm³/mol. The molecule has 0 bridgehead atoms. The Kier molecular flexibility index (Phi) is 4.03. The summed E-state index contributed by atoms with van der Waals surface area (Å²) in [6, 6.07) is 0.852. The number of nitrogens with zero attached hydrogens (tertiary/aromatic N) is 1. The maximum Gasteiger partial charge on any atom is 0.237 e. The topological polar surface area (TPSA) is 87.7 Å². The van der Waals surface area contributed by atoms with Gasteiger partial charge in [0.1, 0.15) is 16.9 Å². The van der Waals surface area contributed by atoms with E-state index in [1.807, 2.05) is 5.32 Å². The first-order chi connectivity index (χ1) is 8.70. The molecule has 0 spiro atoms. The van der Waals surface area contributed by atoms with E-state index >= 15 is 0 Å². The van der Waals surface area contributed by atoms with Gasteiger partial charge in [-0.25, -0.2) is 13.2 Å². The Balaban J connectivity index is 3.08. The van der Waals surface area contributed by atoms with Crippen molar-refractivity contribution in [2.24, 2.45) is 16.3 Å². The third kappa shape index (κ3) is 2.95. The van der Waals surface area contributed by atoms with E-state index in [1.165, 1.54) is 13.8 Å². The molecular formula is C11H12F3N3O2. The number of nitrogens with two attached hydrogens (primary N) is 1. The Morgan fingerprint density at radius 1 is 1.32 bits per heavy atom. The lowest BCUT2D eigenvalue weighted by Crippen LogP contribution is -2.42. The van der Waals surface area contributed by atoms with Gasteiger partial charge in [-0.1, -0.05) is 5.16 Å². The molecule has 1 rings (SSSR count). The zero-order chi connectivity index (χ0) is 14.8. The lowest BCUT2D eigenvalue weighted by Gasteiger charge is -2.22. The first-order valence-corrected chi connectivity index (χ1v) is 5.14. The van der Waals surface area contributed by atoms with E-state index in [4.69, 9.17) is 10.9 Å². The monoisotopic (exact) mass is 275 g/mol. The summed E-state index contributed by atoms with van der Waals surface area (Å²) in [7, 11) is 0. The highest BCUT2D eigenvalue weighted by Gasteiger charge is 2.34. The SMILES string of the molecule is CC(C)(C(=O)Nc1c(F)cc(F)cc1F)C(N)=NO. The van der Waals surface area contributed by atoms with Crippen molar-refractivity contribution in [2.45, 2.75) is 13.8 Å². The van der Waals surface area contributed by atoms with Crippen LogP contribution in [0.3, 0.4) is 0 Å². The van der Waals surface area contributed by atoms with Crippen LogP contribution in [-0.2, 0) is 4.79 Å². The molecule has 8 heteroatoms. The molecule has 0 saturated carbocycles. The number of amides is 1. The van der Waals surface area contributed by atoms with Gasteiger partial charge in [-0.3, -0.25) is 4.79 Å². The van der Waals surface area contributed by atoms with E-state index in [0.29, 0.717) is 12.1 Å². The normalized spacial score (nSPS) is 12.4. The number of anilines is 1. The third-order valence-electron chi connectivity index (χ3n) is 2.56. The van der Waals surface area contributed by atoms with Crippen molar-refractivity contribution in [1.29, 1.82) is 0 Å². The number of halogens is 3. The second-order valence-electron chi connectivity index (χ2n) is 4.31. The predicted octanol–water partition coefficient (Wildman–Crippen LogP) is 1.82. The molecule has 1 aromatic rings. The molecule has 0 fully saturated rings. The van der Waals surface area contributed by atoms with Gasteiger partial charge in [0, 0.05) is 12.1 Å². The van der Waals surface area contributed by atoms with Gasteiger partial charge in [-0.15, -0.1) is 0 Å². The number of amidine groups is 1. The first-order valence-electron chi connectivity index (χ1n) is 5.14. The van der Waals surface area contributed by atoms with Gasteiger partial charge in [0.2, 0.25) is 5.91 Å². The fraction of sp³-hybridized carbons (Fsp3) is 0.273. The van der Waals surface area contributed by atoms with Gasteiger partial charge in [0.25, 0.3) is 0 Å². The first kappa shape index (κ1) is 14.8. The number of benzene rings is 1. The number of nitrogens with one attached hydrogen (secondary N) is 1. The Morgan fingerprint density at radius 2 is 1.79 bits per heavy atom. The fourth-order valence-corrected chi connectivity index (χ4v) is 1.17. The van der Waals surface area contributed by atoms with Crippen molar-refractivity contribution in [3.63, 3.8) is 0 Å². The van der Waals surface area contributed by atoms with Crippen LogP contribution < -0.4 is 11.1 Å². The average Bonchev–Trinajstić information content (AvgIpc) is 2.31. The summed E-state index contributed by atoms with van der Waals surface area (Å²) in [5.41, 5.74) is 3.00. The minimum absolute atomic E-state index is 0.426. The minimum atomic E-state index is -1.50. The molecule has 1 amide bonds. The highest BCUT2D eigenvalue weighted by Crippen LogP contribution is 2.24. The Morgan fingerprint density at radius 3 is 2.21 bits per heavy atom. The molecule has 1 aromatic carbocycles. The fourth-order valence-electron chi connectivity index (χ4n) is 1.17. The van der Waals surface area contributed by atoms with Crippen molar-refractivity contribution in [3.8, 4) is 0 Å². The van der Waals surface area contributed by atoms with Crippen LogP contribution in [-0.4, -0.2) is 17.0 Å². The highest BCUT2D eigenvalue weighted by molar-refractivity contribution is 6.11. The van der Waals surface area contributed by atoms with Crippen LogP contribution in [0.25, 0.3) is 0 Å². The van der Waals surface area contributed by atoms with E-state index in [-0.39, 0.29) is 0 Å². The van der Waals surface area contributed by atoms with Gasteiger partial charge in [-0.05, 0) is 13.8 Å². The Labute approximate surface area is 106 Å². The molecule has 104 valence electrons. The van der Waals surface area contributed by atoms with Crippen molar-refractivity contribution in [3.05, 3.63) is 29.6 Å². The van der Waals surface area contributed by atoms with Gasteiger partial charge in [-0.2, -0.15) is 0 Å². The molecule has 0 aliphatic rings. The molecule has 0 heterocycles. The molecular weight excluding hydrogens is 263 g/mol. The number of carbonyl (C=O) groups excluding carboxylic acids is 1. The van der Waals surface area contributed by atoms with Gasteiger partial charge >= 0.3 is 0 Å². The van der Waals surface area contributed by atoms with Crippen molar-refractivity contribution in [2.75, 3.05) is 5.32 Å². The Hall–Kier alpha value is -2.25. The van der Waals surface area contributed by atoms with Gasteiger partial charge in [0.15, 0.2) is 17.5 Å². The van der Waals surface area contributed by atoms with Crippen LogP contribution in [0.4, 0.5) is 18.9 Å². The van der Waals surface area contributed by atoms with Crippen LogP contribution in [0.2, 0.25) is 0 Å². The molecule has 0 saturated heterocycles. The van der Waals surface area contributed by atoms with E-state index in [0.717, 1.165) is 0 Å². The lowest BCUT2D eigenvalue weighted by atomic mass is 9.91. The summed E-state index contributed by atoms with van der Waals surface area (Å²) < 4.78 is 39.4. The number of hydrogen-bond acceptors (Lipinski definition) is 3. The van der Waals surface area contributed by atoms with E-state index in [1.54, 1.807) is 0 Å². The molecule has 19 heavy (non-hydrogen) atoms. The van der Waals surface area contributed by atoms with Crippen LogP contribution in [0.15, 0.2) is 17.3 Å². The molecule has 0 aliphatic carbocycles. The zero-order valence-corrected chi connectivity index (χ0v) is 10.2. The maximum atomic E-state index is 13.3. The second kappa shape index (κ2) is 5.17. The van der Waals surface area contributed by atoms with Crippen LogP contribution in [0.1, 0.15) is 13.8 Å². The summed E-state index contributed by atoms with van der Waals surface area (Å²) in [5, 5.41) is 13.1. The number of oxime groups is 1. The third-order valence-corrected chi connectivity index (χ3v) is 2.56. The van der Waals surface area contributed by atoms with Crippen molar-refractivity contribution < 1.29 is 23.2 Å². The van der Waals surface area contributed by atoms with Crippen molar-refractivity contribution >= 4 is 17.4 Å². The number of rotatable bonds is 3. The van der Waals surface area contributed by atoms with Crippen LogP contribution in [0.5, 0.6) is 0 Å². The second-order valence-corrected chi connectivity index (χ2v) is 4.31. The molecule has 0 aliphatic heterocycles. The molecule has 0 unspecified atom stereocenters. The summed E-state index contributed by atoms with van der Waals surface area (Å²) in [6.07, 6.45) is 0. The smallest absolute Gasteiger partial charge is 0.237 e.